The second-order valence-electron chi connectivity index (χ2n) is 27.8. The molecule has 4 unspecified atom stereocenters. The van der Waals surface area contributed by atoms with Crippen molar-refractivity contribution in [3.8, 4) is 0 Å². The Balaban J connectivity index is 0.918. The van der Waals surface area contributed by atoms with Crippen LogP contribution < -0.4 is 0 Å². The Morgan fingerprint density at radius 2 is 1.24 bits per heavy atom. The zero-order valence-electron chi connectivity index (χ0n) is 49.3. The predicted octanol–water partition coefficient (Wildman–Crippen LogP) is -1.59. The van der Waals surface area contributed by atoms with Crippen molar-refractivity contribution in [2.75, 3.05) is 26.4 Å². The molecule has 0 aromatic rings. The van der Waals surface area contributed by atoms with Crippen LogP contribution in [0.15, 0.2) is 23.3 Å². The van der Waals surface area contributed by atoms with E-state index in [1.807, 2.05) is 6.92 Å². The third-order valence-corrected chi connectivity index (χ3v) is 22.8. The predicted molar refractivity (Wildman–Crippen MR) is 288 cm³/mol. The Hall–Kier alpha value is -2.42. The molecule has 4 saturated heterocycles. The van der Waals surface area contributed by atoms with E-state index in [2.05, 4.69) is 40.7 Å². The van der Waals surface area contributed by atoms with Crippen LogP contribution in [0.5, 0.6) is 0 Å². The van der Waals surface area contributed by atoms with Gasteiger partial charge in [-0.2, -0.15) is 0 Å². The third kappa shape index (κ3) is 10.9. The molecule has 4 saturated carbocycles. The minimum atomic E-state index is -2.06. The average Bonchev–Trinajstić information content (AvgIpc) is 0.806. The van der Waals surface area contributed by atoms with E-state index in [9.17, 15) is 86.2 Å². The van der Waals surface area contributed by atoms with Gasteiger partial charge in [0.1, 0.15) is 91.6 Å². The van der Waals surface area contributed by atoms with Gasteiger partial charge < -0.3 is 114 Å². The first-order valence-electron chi connectivity index (χ1n) is 30.0. The van der Waals surface area contributed by atoms with Gasteiger partial charge in [-0.1, -0.05) is 59.3 Å². The van der Waals surface area contributed by atoms with Crippen molar-refractivity contribution in [2.45, 2.75) is 254 Å². The topological polar surface area (TPSA) is 411 Å². The Bertz CT molecular complexity index is 2410. The minimum absolute atomic E-state index is 0.0481. The van der Waals surface area contributed by atoms with Gasteiger partial charge in [-0.05, 0) is 123 Å². The summed E-state index contributed by atoms with van der Waals surface area (Å²) in [6, 6.07) is 0. The van der Waals surface area contributed by atoms with Crippen LogP contribution in [-0.2, 0) is 47.5 Å². The maximum Gasteiger partial charge on any atom is 0.335 e. The standard InChI is InChI=1S/C59H94O25/c1-9-25(2)50(76)82-36-20-54(3,4)18-27-26-10-11-33-55(5)16-14-34(63)56(6,32(55)13-17-57(33,7)58(26,8)19-35(64)59(27,36)24-62)15-12-28-37(65)41(69)44(72)51(78-28)81-31-23-77-48(49(74)75)46(40(31)68)83-53-47(43(71)39(67)30(22-61)80-53)84-52-45(73)42(70)38(66)29(21-60)79-52/h9-10,27-48,51-53,60-73H,11-24H2,1-8H3,(H,74,75)/b25-9-/t27-,28-,29+,30+,31-,32?,33?,34-,35+,36-,37-,38+,39-,40+,41+,42-,43-,44+,45+,46-,47+,48-,51?,52-,53-,55-,56?,57+,58+,59-/m0/s1. The molecule has 4 aliphatic heterocycles. The number of aliphatic carboxylic acids is 1. The molecule has 0 aromatic heterocycles. The van der Waals surface area contributed by atoms with Crippen LogP contribution >= 0.6 is 0 Å². The normalized spacial score (nSPS) is 52.2. The summed E-state index contributed by atoms with van der Waals surface area (Å²) < 4.78 is 47.0. The highest BCUT2D eigenvalue weighted by molar-refractivity contribution is 5.87. The number of esters is 1. The fraction of sp³-hybridized carbons (Fsp3) is 0.898. The lowest BCUT2D eigenvalue weighted by atomic mass is 9.33. The summed E-state index contributed by atoms with van der Waals surface area (Å²) in [5.41, 5.74) is -1.74. The van der Waals surface area contributed by atoms with Crippen molar-refractivity contribution < 1.29 is 124 Å². The van der Waals surface area contributed by atoms with E-state index in [1.54, 1.807) is 19.9 Å². The second-order valence-corrected chi connectivity index (χ2v) is 27.8. The Morgan fingerprint density at radius 1 is 0.655 bits per heavy atom. The van der Waals surface area contributed by atoms with E-state index in [0.717, 1.165) is 6.42 Å². The molecular formula is C59H94O25. The number of fused-ring (bicyclic) bond motifs is 7. The van der Waals surface area contributed by atoms with Crippen molar-refractivity contribution in [1.82, 2.24) is 0 Å². The van der Waals surface area contributed by atoms with Crippen molar-refractivity contribution in [1.29, 1.82) is 0 Å². The number of rotatable bonds is 15. The molecule has 25 nitrogen and oxygen atoms in total. The minimum Gasteiger partial charge on any atom is -0.479 e. The van der Waals surface area contributed by atoms with Crippen molar-refractivity contribution in [2.24, 2.45) is 50.2 Å². The molecule has 30 atom stereocenters. The van der Waals surface area contributed by atoms with Gasteiger partial charge in [-0.3, -0.25) is 0 Å². The highest BCUT2D eigenvalue weighted by atomic mass is 16.8. The summed E-state index contributed by atoms with van der Waals surface area (Å²) in [6.45, 7) is 13.9. The first-order chi connectivity index (χ1) is 39.3. The van der Waals surface area contributed by atoms with Gasteiger partial charge in [0, 0.05) is 5.57 Å². The van der Waals surface area contributed by atoms with Crippen LogP contribution in [-0.4, -0.2) is 250 Å². The zero-order valence-corrected chi connectivity index (χ0v) is 49.3. The van der Waals surface area contributed by atoms with Gasteiger partial charge in [0.2, 0.25) is 0 Å². The molecule has 9 rings (SSSR count). The summed E-state index contributed by atoms with van der Waals surface area (Å²) in [5, 5.41) is 166. The molecule has 15 N–H and O–H groups in total. The van der Waals surface area contributed by atoms with Gasteiger partial charge in [0.25, 0.3) is 0 Å². The van der Waals surface area contributed by atoms with Crippen LogP contribution in [0.4, 0.5) is 0 Å². The highest BCUT2D eigenvalue weighted by Crippen LogP contribution is 2.76. The average molecular weight is 1200 g/mol. The van der Waals surface area contributed by atoms with E-state index in [1.165, 1.54) is 5.57 Å². The number of carboxylic acids is 1. The molecule has 0 bridgehead atoms. The number of carbonyl (C=O) groups excluding carboxylic acids is 1. The SMILES string of the molecule is C/C=C(/C)C(=O)O[C@H]1CC(C)(C)C[C@H]2C3=CCC4[C@@]5(C)CC[C@H](O)C(C)(CC[C@@H]6OC(O[C@H]7CO[C@H](C(=O)O)[C@@H](O[C@@H]8O[C@H](CO)[C@H](O)[C@H](O)[C@H]8O[C@@H]8O[C@H](CO)[C@@H](O)[C@H](O)[C@H]8O)[C@@H]7O)[C@H](O)[C@H](O)[C@H]6O)C5CC[C@@]4(C)[C@]3(C)C[C@@H](O)[C@@]12CO. The summed E-state index contributed by atoms with van der Waals surface area (Å²) >= 11 is 0. The number of carbonyl (C=O) groups is 2. The molecule has 4 heterocycles. The van der Waals surface area contributed by atoms with Crippen molar-refractivity contribution in [3.63, 3.8) is 0 Å². The summed E-state index contributed by atoms with van der Waals surface area (Å²) in [6.07, 6.45) is -28.2. The van der Waals surface area contributed by atoms with E-state index >= 15 is 0 Å². The molecule has 480 valence electrons. The molecule has 8 fully saturated rings. The second kappa shape index (κ2) is 24.4. The van der Waals surface area contributed by atoms with Crippen molar-refractivity contribution in [3.05, 3.63) is 23.3 Å². The fourth-order valence-electron chi connectivity index (χ4n) is 17.5. The zero-order chi connectivity index (χ0) is 61.7. The number of allylic oxidation sites excluding steroid dienone is 3. The number of carboxylic acid groups (broad SMARTS) is 1. The molecule has 9 aliphatic rings. The van der Waals surface area contributed by atoms with E-state index in [-0.39, 0.29) is 53.4 Å². The smallest absolute Gasteiger partial charge is 0.335 e. The lowest BCUT2D eigenvalue weighted by Crippen LogP contribution is -2.69. The number of ether oxygens (including phenoxy) is 8. The molecule has 5 aliphatic carbocycles. The monoisotopic (exact) mass is 1200 g/mol. The molecule has 25 heteroatoms. The number of hydrogen-bond acceptors (Lipinski definition) is 24. The van der Waals surface area contributed by atoms with Crippen molar-refractivity contribution >= 4 is 11.9 Å². The largest absolute Gasteiger partial charge is 0.479 e. The lowest BCUT2D eigenvalue weighted by molar-refractivity contribution is -0.383. The van der Waals surface area contributed by atoms with Gasteiger partial charge in [-0.25, -0.2) is 9.59 Å². The first kappa shape index (κ1) is 66.0. The summed E-state index contributed by atoms with van der Waals surface area (Å²) in [4.78, 5) is 26.0. The van der Waals surface area contributed by atoms with Gasteiger partial charge in [-0.15, -0.1) is 0 Å². The molecule has 0 radical (unpaired) electrons. The number of aliphatic hydroxyl groups is 14. The number of hydrogen-bond donors (Lipinski definition) is 15. The maximum absolute atomic E-state index is 13.4. The van der Waals surface area contributed by atoms with Crippen LogP contribution in [0.3, 0.4) is 0 Å². The van der Waals surface area contributed by atoms with Crippen LogP contribution in [0.25, 0.3) is 0 Å². The molecule has 0 aromatic carbocycles. The lowest BCUT2D eigenvalue weighted by Gasteiger charge is -2.72. The summed E-state index contributed by atoms with van der Waals surface area (Å²) in [5.74, 6) is -2.38. The van der Waals surface area contributed by atoms with Gasteiger partial charge >= 0.3 is 11.9 Å². The van der Waals surface area contributed by atoms with E-state index in [0.29, 0.717) is 50.5 Å². The highest BCUT2D eigenvalue weighted by Gasteiger charge is 2.72. The fourth-order valence-corrected chi connectivity index (χ4v) is 17.5. The first-order valence-corrected chi connectivity index (χ1v) is 30.0. The van der Waals surface area contributed by atoms with E-state index in [4.69, 9.17) is 37.9 Å². The number of aliphatic hydroxyl groups excluding tert-OH is 14. The van der Waals surface area contributed by atoms with Gasteiger partial charge in [0.15, 0.2) is 25.0 Å². The molecule has 84 heavy (non-hydrogen) atoms. The Labute approximate surface area is 489 Å². The Morgan fingerprint density at radius 3 is 1.85 bits per heavy atom. The maximum atomic E-state index is 13.4. The third-order valence-electron chi connectivity index (χ3n) is 22.8. The Kier molecular flexibility index (Phi) is 19.2. The van der Waals surface area contributed by atoms with Crippen LogP contribution in [0.2, 0.25) is 0 Å². The molecule has 0 amide bonds. The van der Waals surface area contributed by atoms with Crippen LogP contribution in [0.1, 0.15) is 120 Å². The van der Waals surface area contributed by atoms with Gasteiger partial charge in [0.05, 0.1) is 50.2 Å². The molecule has 0 spiro atoms. The van der Waals surface area contributed by atoms with E-state index < -0.39 is 183 Å². The quantitative estimate of drug-likeness (QED) is 0.0499. The molecular weight excluding hydrogens is 1110 g/mol. The summed E-state index contributed by atoms with van der Waals surface area (Å²) in [7, 11) is 0. The van der Waals surface area contributed by atoms with Crippen LogP contribution in [0, 0.1) is 50.2 Å².